The van der Waals surface area contributed by atoms with Gasteiger partial charge in [0, 0.05) is 118 Å². The van der Waals surface area contributed by atoms with Gasteiger partial charge in [-0.2, -0.15) is 0 Å². The Kier molecular flexibility index (Phi) is 9.29. The van der Waals surface area contributed by atoms with Gasteiger partial charge in [-0.05, 0) is 24.5 Å². The molecule has 0 aromatic carbocycles. The quantitative estimate of drug-likeness (QED) is 0.170. The van der Waals surface area contributed by atoms with E-state index in [1.807, 2.05) is 0 Å². The third-order valence-electron chi connectivity index (χ3n) is 8.63. The molecule has 9 atom stereocenters. The van der Waals surface area contributed by atoms with Gasteiger partial charge in [0.2, 0.25) is 0 Å². The first-order chi connectivity index (χ1) is 14.1. The number of halogens is 1. The second-order valence-electron chi connectivity index (χ2n) is 10.4. The third kappa shape index (κ3) is 4.07. The van der Waals surface area contributed by atoms with Crippen LogP contribution >= 0.6 is 11.6 Å². The molecule has 2 unspecified atom stereocenters. The molecule has 2 radical (unpaired) electrons. The Morgan fingerprint density at radius 3 is 2.24 bits per heavy atom. The number of aliphatic hydroxyl groups is 4. The average molecular weight is 913 g/mol. The van der Waals surface area contributed by atoms with Gasteiger partial charge in [-0.3, -0.25) is 9.59 Å². The maximum absolute atomic E-state index is 13.8. The SMILES string of the molecule is CC(=O)O[C@H]1C2[C@](C)(C(=O)[C@H](O)C3=C(C)[C@@H](O)C[C@]1(O)C3(C)C)C(Cl)C[C@H]1OC[C@@]21O.[Ac].[Ac]. The van der Waals surface area contributed by atoms with E-state index in [-0.39, 0.29) is 113 Å². The van der Waals surface area contributed by atoms with E-state index in [1.54, 1.807) is 27.7 Å². The fourth-order valence-electron chi connectivity index (χ4n) is 6.65. The van der Waals surface area contributed by atoms with E-state index in [1.165, 1.54) is 6.92 Å². The largest absolute Gasteiger partial charge is 0.459 e. The molecule has 4 rings (SSSR count). The third-order valence-corrected chi connectivity index (χ3v) is 9.27. The molecule has 0 amide bonds. The van der Waals surface area contributed by atoms with Crippen molar-refractivity contribution in [1.29, 1.82) is 0 Å². The molecule has 4 aliphatic rings. The molecule has 8 nitrogen and oxygen atoms in total. The predicted molar refractivity (Wildman–Crippen MR) is 109 cm³/mol. The number of carbonyl (C=O) groups excluding carboxylic acids is 2. The van der Waals surface area contributed by atoms with Crippen molar-refractivity contribution in [2.75, 3.05) is 6.61 Å². The average Bonchev–Trinajstić information content (AvgIpc) is 2.66. The number of esters is 1. The molecule has 4 N–H and O–H groups in total. The van der Waals surface area contributed by atoms with Crippen molar-refractivity contribution in [1.82, 2.24) is 0 Å². The van der Waals surface area contributed by atoms with Crippen molar-refractivity contribution in [3.8, 4) is 0 Å². The van der Waals surface area contributed by atoms with Crippen molar-refractivity contribution in [3.05, 3.63) is 11.1 Å². The Labute approximate surface area is 270 Å². The van der Waals surface area contributed by atoms with Crippen LogP contribution in [-0.2, 0) is 19.1 Å². The van der Waals surface area contributed by atoms with E-state index in [4.69, 9.17) is 21.1 Å². The van der Waals surface area contributed by atoms with Crippen molar-refractivity contribution < 1.29 is 128 Å². The molecule has 0 spiro atoms. The zero-order valence-corrected chi connectivity index (χ0v) is 29.8. The summed E-state index contributed by atoms with van der Waals surface area (Å²) in [6, 6.07) is 0. The number of ketones is 1. The standard InChI is InChI=1S/C22H31ClO8.2Ac/c1-9-11(25)7-22(29)18(31-10(2)24)16-20(5,12(23)6-13-21(16,28)8-30-13)17(27)15(26)14(9)19(22,3)4;;/h11-13,15-16,18,25-26,28-29H,6-8H2,1-5H3;;/t11-,12?,13+,15+,16?,18-,20+,21-,22+;;/m0../s1. The maximum Gasteiger partial charge on any atom is 0.303 e. The van der Waals surface area contributed by atoms with Crippen LogP contribution in [0.15, 0.2) is 11.1 Å². The topological polar surface area (TPSA) is 134 Å². The second-order valence-corrected chi connectivity index (χ2v) is 10.9. The number of ether oxygens (including phenoxy) is 2. The van der Waals surface area contributed by atoms with Gasteiger partial charge in [-0.1, -0.05) is 20.8 Å². The number of Topliss-reactive ketones (excluding diaryl/α,β-unsaturated/α-hetero) is 1. The minimum atomic E-state index is -1.90. The number of rotatable bonds is 1. The van der Waals surface area contributed by atoms with Crippen LogP contribution in [0.2, 0.25) is 0 Å². The van der Waals surface area contributed by atoms with Crippen molar-refractivity contribution >= 4 is 23.4 Å². The van der Waals surface area contributed by atoms with Gasteiger partial charge in [-0.25, -0.2) is 0 Å². The van der Waals surface area contributed by atoms with Gasteiger partial charge < -0.3 is 29.9 Å². The number of fused-ring (bicyclic) bond motifs is 5. The molecular weight excluding hydrogens is 882 g/mol. The maximum atomic E-state index is 13.8. The zero-order valence-electron chi connectivity index (χ0n) is 19.5. The Hall–Kier alpha value is 1.85. The van der Waals surface area contributed by atoms with E-state index in [2.05, 4.69) is 0 Å². The molecular formula is C22H31Ac2ClO8. The van der Waals surface area contributed by atoms with Crippen LogP contribution in [-0.4, -0.2) is 79.8 Å². The predicted octanol–water partition coefficient (Wildman–Crippen LogP) is 0.464. The van der Waals surface area contributed by atoms with Crippen molar-refractivity contribution in [3.63, 3.8) is 0 Å². The van der Waals surface area contributed by atoms with E-state index in [9.17, 15) is 30.0 Å². The van der Waals surface area contributed by atoms with Crippen molar-refractivity contribution in [2.45, 2.75) is 88.5 Å². The van der Waals surface area contributed by atoms with E-state index in [0.29, 0.717) is 5.57 Å². The fraction of sp³-hybridized carbons (Fsp3) is 0.818. The summed E-state index contributed by atoms with van der Waals surface area (Å²) in [6.07, 6.45) is -4.93. The molecule has 0 aromatic heterocycles. The van der Waals surface area contributed by atoms with Crippen LogP contribution in [0.1, 0.15) is 47.5 Å². The molecule has 2 saturated carbocycles. The minimum Gasteiger partial charge on any atom is -0.459 e. The Bertz CT molecular complexity index is 880. The molecule has 0 aromatic rings. The Balaban J connectivity index is 0.00000193. The number of carbonyl (C=O) groups is 2. The molecule has 3 fully saturated rings. The monoisotopic (exact) mass is 912 g/mol. The van der Waals surface area contributed by atoms with Gasteiger partial charge in [0.05, 0.1) is 24.2 Å². The number of hydrogen-bond acceptors (Lipinski definition) is 8. The van der Waals surface area contributed by atoms with Gasteiger partial charge in [-0.15, -0.1) is 11.6 Å². The van der Waals surface area contributed by atoms with Gasteiger partial charge in [0.15, 0.2) is 5.78 Å². The molecule has 33 heavy (non-hydrogen) atoms. The molecule has 1 heterocycles. The second kappa shape index (κ2) is 9.87. The van der Waals surface area contributed by atoms with Gasteiger partial charge >= 0.3 is 5.97 Å². The van der Waals surface area contributed by atoms with Crippen LogP contribution < -0.4 is 0 Å². The molecule has 3 aliphatic carbocycles. The van der Waals surface area contributed by atoms with Gasteiger partial charge in [0.25, 0.3) is 0 Å². The smallest absolute Gasteiger partial charge is 0.303 e. The number of alkyl halides is 1. The molecule has 180 valence electrons. The van der Waals surface area contributed by atoms with Crippen LogP contribution in [0.25, 0.3) is 0 Å². The van der Waals surface area contributed by atoms with Crippen LogP contribution in [0.3, 0.4) is 0 Å². The van der Waals surface area contributed by atoms with Crippen LogP contribution in [0.5, 0.6) is 0 Å². The van der Waals surface area contributed by atoms with Crippen LogP contribution in [0.4, 0.5) is 0 Å². The summed E-state index contributed by atoms with van der Waals surface area (Å²) in [6.45, 7) is 7.52. The number of aliphatic hydroxyl groups excluding tert-OH is 2. The summed E-state index contributed by atoms with van der Waals surface area (Å²) in [5, 5.41) is 44.9. The van der Waals surface area contributed by atoms with E-state index in [0.717, 1.165) is 0 Å². The summed E-state index contributed by atoms with van der Waals surface area (Å²) in [5.74, 6) is -2.49. The summed E-state index contributed by atoms with van der Waals surface area (Å²) in [4.78, 5) is 26.0. The molecule has 1 saturated heterocycles. The van der Waals surface area contributed by atoms with Crippen molar-refractivity contribution in [2.24, 2.45) is 16.7 Å². The molecule has 1 aliphatic heterocycles. The first-order valence-corrected chi connectivity index (χ1v) is 11.1. The first kappa shape index (κ1) is 31.1. The normalized spacial score (nSPS) is 48.0. The van der Waals surface area contributed by atoms with Crippen LogP contribution in [0, 0.1) is 105 Å². The van der Waals surface area contributed by atoms with E-state index >= 15 is 0 Å². The summed E-state index contributed by atoms with van der Waals surface area (Å²) in [5.41, 5.74) is -5.70. The summed E-state index contributed by atoms with van der Waals surface area (Å²) < 4.78 is 11.2. The molecule has 2 bridgehead atoms. The minimum absolute atomic E-state index is 0. The molecule has 11 heteroatoms. The summed E-state index contributed by atoms with van der Waals surface area (Å²) in [7, 11) is 0. The van der Waals surface area contributed by atoms with Gasteiger partial charge in [0.1, 0.15) is 23.4 Å². The Morgan fingerprint density at radius 2 is 1.76 bits per heavy atom. The van der Waals surface area contributed by atoms with E-state index < -0.39 is 69.5 Å². The Morgan fingerprint density at radius 1 is 1.18 bits per heavy atom. The fourth-order valence-corrected chi connectivity index (χ4v) is 7.05. The summed E-state index contributed by atoms with van der Waals surface area (Å²) >= 11 is 6.70. The zero-order chi connectivity index (χ0) is 23.3. The first-order valence-electron chi connectivity index (χ1n) is 10.6. The number of hydrogen-bond donors (Lipinski definition) is 4.